The summed E-state index contributed by atoms with van der Waals surface area (Å²) in [4.78, 5) is 11.0. The Balaban J connectivity index is 4.43. The molecule has 0 saturated heterocycles. The number of nitrogens with two attached hydrogens (primary N) is 1. The first-order valence-corrected chi connectivity index (χ1v) is 3.22. The molecule has 0 aliphatic carbocycles. The fraction of sp³-hybridized carbons (Fsp3) is 0.375. The lowest BCUT2D eigenvalue weighted by molar-refractivity contribution is -0.145. The number of carbonyl (C=O) groups is 1. The summed E-state index contributed by atoms with van der Waals surface area (Å²) in [6.45, 7) is 6.92. The molecule has 1 unspecified atom stereocenters. The van der Waals surface area contributed by atoms with Crippen molar-refractivity contribution < 1.29 is 9.53 Å². The van der Waals surface area contributed by atoms with E-state index < -0.39 is 11.5 Å². The van der Waals surface area contributed by atoms with E-state index >= 15 is 0 Å². The summed E-state index contributed by atoms with van der Waals surface area (Å²) in [5, 5.41) is 0. The van der Waals surface area contributed by atoms with Crippen LogP contribution < -0.4 is 5.73 Å². The number of hydrogen-bond acceptors (Lipinski definition) is 3. The Morgan fingerprint density at radius 3 is 2.55 bits per heavy atom. The SMILES string of the molecule is C=CCC(N)(C=C)C(=O)OC. The predicted molar refractivity (Wildman–Crippen MR) is 43.9 cm³/mol. The molecule has 0 radical (unpaired) electrons. The monoisotopic (exact) mass is 155 g/mol. The molecule has 0 aliphatic rings. The van der Waals surface area contributed by atoms with Crippen molar-refractivity contribution in [3.05, 3.63) is 25.3 Å². The van der Waals surface area contributed by atoms with Gasteiger partial charge in [-0.25, -0.2) is 4.79 Å². The molecule has 0 aromatic carbocycles. The molecular weight excluding hydrogens is 142 g/mol. The molecule has 3 heteroatoms. The summed E-state index contributed by atoms with van der Waals surface area (Å²) < 4.78 is 4.48. The van der Waals surface area contributed by atoms with Crippen molar-refractivity contribution in [2.24, 2.45) is 5.73 Å². The average molecular weight is 155 g/mol. The molecule has 11 heavy (non-hydrogen) atoms. The maximum Gasteiger partial charge on any atom is 0.330 e. The molecular formula is C8H13NO2. The highest BCUT2D eigenvalue weighted by Gasteiger charge is 2.29. The second kappa shape index (κ2) is 3.93. The van der Waals surface area contributed by atoms with Crippen LogP contribution >= 0.6 is 0 Å². The lowest BCUT2D eigenvalue weighted by atomic mass is 9.97. The molecule has 0 aromatic rings. The van der Waals surface area contributed by atoms with Crippen LogP contribution in [0.1, 0.15) is 6.42 Å². The number of hydrogen-bond donors (Lipinski definition) is 1. The van der Waals surface area contributed by atoms with Crippen molar-refractivity contribution in [2.45, 2.75) is 12.0 Å². The van der Waals surface area contributed by atoms with E-state index in [1.807, 2.05) is 0 Å². The second-order valence-electron chi connectivity index (χ2n) is 2.23. The third-order valence-electron chi connectivity index (χ3n) is 1.41. The third kappa shape index (κ3) is 2.20. The van der Waals surface area contributed by atoms with Crippen molar-refractivity contribution in [1.29, 1.82) is 0 Å². The van der Waals surface area contributed by atoms with Gasteiger partial charge in [0, 0.05) is 0 Å². The summed E-state index contributed by atoms with van der Waals surface area (Å²) in [5.41, 5.74) is 4.48. The maximum absolute atomic E-state index is 11.0. The Labute approximate surface area is 66.5 Å². The first-order valence-electron chi connectivity index (χ1n) is 3.22. The molecule has 0 aromatic heterocycles. The highest BCUT2D eigenvalue weighted by atomic mass is 16.5. The van der Waals surface area contributed by atoms with Gasteiger partial charge in [-0.05, 0) is 6.42 Å². The normalized spacial score (nSPS) is 14.7. The molecule has 3 nitrogen and oxygen atoms in total. The van der Waals surface area contributed by atoms with E-state index in [0.29, 0.717) is 6.42 Å². The van der Waals surface area contributed by atoms with E-state index in [1.165, 1.54) is 13.2 Å². The largest absolute Gasteiger partial charge is 0.467 e. The second-order valence-corrected chi connectivity index (χ2v) is 2.23. The standard InChI is InChI=1S/C8H13NO2/c1-4-6-8(9,5-2)7(10)11-3/h4-5H,1-2,6,9H2,3H3. The zero-order valence-electron chi connectivity index (χ0n) is 6.67. The van der Waals surface area contributed by atoms with Crippen LogP contribution in [0.15, 0.2) is 25.3 Å². The highest BCUT2D eigenvalue weighted by molar-refractivity contribution is 5.83. The first-order chi connectivity index (χ1) is 5.10. The van der Waals surface area contributed by atoms with Crippen LogP contribution in [0.2, 0.25) is 0 Å². The lowest BCUT2D eigenvalue weighted by Crippen LogP contribution is -2.46. The zero-order chi connectivity index (χ0) is 8.91. The van der Waals surface area contributed by atoms with Gasteiger partial charge in [-0.15, -0.1) is 13.2 Å². The van der Waals surface area contributed by atoms with Gasteiger partial charge in [0.2, 0.25) is 0 Å². The Morgan fingerprint density at radius 1 is 1.73 bits per heavy atom. The first kappa shape index (κ1) is 9.91. The van der Waals surface area contributed by atoms with Crippen LogP contribution in [0.5, 0.6) is 0 Å². The van der Waals surface area contributed by atoms with Crippen LogP contribution in [-0.2, 0) is 9.53 Å². The lowest BCUT2D eigenvalue weighted by Gasteiger charge is -2.19. The summed E-state index contributed by atoms with van der Waals surface area (Å²) in [6, 6.07) is 0. The summed E-state index contributed by atoms with van der Waals surface area (Å²) >= 11 is 0. The van der Waals surface area contributed by atoms with Crippen molar-refractivity contribution in [3.63, 3.8) is 0 Å². The molecule has 1 atom stereocenters. The van der Waals surface area contributed by atoms with E-state index in [4.69, 9.17) is 5.73 Å². The molecule has 0 heterocycles. The van der Waals surface area contributed by atoms with Gasteiger partial charge in [-0.1, -0.05) is 12.2 Å². The fourth-order valence-electron chi connectivity index (χ4n) is 0.679. The quantitative estimate of drug-likeness (QED) is 0.478. The van der Waals surface area contributed by atoms with Gasteiger partial charge >= 0.3 is 5.97 Å². The van der Waals surface area contributed by atoms with Crippen molar-refractivity contribution in [1.82, 2.24) is 0 Å². The van der Waals surface area contributed by atoms with Crippen molar-refractivity contribution >= 4 is 5.97 Å². The smallest absolute Gasteiger partial charge is 0.330 e. The van der Waals surface area contributed by atoms with Crippen LogP contribution in [0.3, 0.4) is 0 Å². The minimum absolute atomic E-state index is 0.336. The Morgan fingerprint density at radius 2 is 2.27 bits per heavy atom. The predicted octanol–water partition coefficient (Wildman–Crippen LogP) is 0.619. The molecule has 0 aliphatic heterocycles. The number of ether oxygens (including phenoxy) is 1. The molecule has 0 amide bonds. The number of rotatable bonds is 4. The van der Waals surface area contributed by atoms with E-state index in [2.05, 4.69) is 17.9 Å². The molecule has 0 bridgehead atoms. The Hall–Kier alpha value is -1.09. The molecule has 0 fully saturated rings. The van der Waals surface area contributed by atoms with Gasteiger partial charge < -0.3 is 10.5 Å². The van der Waals surface area contributed by atoms with Crippen LogP contribution in [0.25, 0.3) is 0 Å². The van der Waals surface area contributed by atoms with Crippen molar-refractivity contribution in [2.75, 3.05) is 7.11 Å². The molecule has 0 rings (SSSR count). The minimum atomic E-state index is -1.11. The molecule has 62 valence electrons. The van der Waals surface area contributed by atoms with Crippen LogP contribution in [0.4, 0.5) is 0 Å². The average Bonchev–Trinajstić information content (AvgIpc) is 2.03. The summed E-state index contributed by atoms with van der Waals surface area (Å²) in [5.74, 6) is -0.493. The zero-order valence-corrected chi connectivity index (χ0v) is 6.67. The minimum Gasteiger partial charge on any atom is -0.467 e. The van der Waals surface area contributed by atoms with Gasteiger partial charge in [0.15, 0.2) is 0 Å². The van der Waals surface area contributed by atoms with Gasteiger partial charge in [0.05, 0.1) is 7.11 Å². The molecule has 0 saturated carbocycles. The number of esters is 1. The molecule has 0 spiro atoms. The van der Waals surface area contributed by atoms with E-state index in [0.717, 1.165) is 0 Å². The Kier molecular flexibility index (Phi) is 3.54. The van der Waals surface area contributed by atoms with Gasteiger partial charge in [0.1, 0.15) is 5.54 Å². The summed E-state index contributed by atoms with van der Waals surface area (Å²) in [7, 11) is 1.29. The third-order valence-corrected chi connectivity index (χ3v) is 1.41. The van der Waals surface area contributed by atoms with Gasteiger partial charge in [-0.2, -0.15) is 0 Å². The van der Waals surface area contributed by atoms with Crippen molar-refractivity contribution in [3.8, 4) is 0 Å². The Bertz CT molecular complexity index is 177. The van der Waals surface area contributed by atoms with E-state index in [-0.39, 0.29) is 0 Å². The molecule has 2 N–H and O–H groups in total. The number of carbonyl (C=O) groups excluding carboxylic acids is 1. The highest BCUT2D eigenvalue weighted by Crippen LogP contribution is 2.10. The van der Waals surface area contributed by atoms with E-state index in [9.17, 15) is 4.79 Å². The van der Waals surface area contributed by atoms with Gasteiger partial charge in [0.25, 0.3) is 0 Å². The summed E-state index contributed by atoms with van der Waals surface area (Å²) in [6.07, 6.45) is 3.25. The van der Waals surface area contributed by atoms with Crippen LogP contribution in [0, 0.1) is 0 Å². The van der Waals surface area contributed by atoms with Crippen LogP contribution in [-0.4, -0.2) is 18.6 Å². The van der Waals surface area contributed by atoms with Gasteiger partial charge in [-0.3, -0.25) is 0 Å². The van der Waals surface area contributed by atoms with E-state index in [1.54, 1.807) is 6.08 Å². The maximum atomic E-state index is 11.0. The number of methoxy groups -OCH3 is 1. The topological polar surface area (TPSA) is 52.3 Å². The fourth-order valence-corrected chi connectivity index (χ4v) is 0.679.